The van der Waals surface area contributed by atoms with Crippen LogP contribution in [0.5, 0.6) is 0 Å². The Balaban J connectivity index is 0.00000361. The average Bonchev–Trinajstić information content (AvgIpc) is 2.37. The predicted molar refractivity (Wildman–Crippen MR) is 83.6 cm³/mol. The molecule has 20 heavy (non-hydrogen) atoms. The Morgan fingerprint density at radius 2 is 1.90 bits per heavy atom. The van der Waals surface area contributed by atoms with Crippen LogP contribution in [-0.4, -0.2) is 44.4 Å². The molecular formula is C14H22ClN3O2. The fourth-order valence-electron chi connectivity index (χ4n) is 1.63. The fraction of sp³-hybridized carbons (Fsp3) is 0.429. The lowest BCUT2D eigenvalue weighted by Crippen LogP contribution is -2.23. The highest BCUT2D eigenvalue weighted by molar-refractivity contribution is 5.98. The van der Waals surface area contributed by atoms with E-state index < -0.39 is 0 Å². The first-order valence-electron chi connectivity index (χ1n) is 6.22. The number of nitrogens with zero attached hydrogens (tertiary/aromatic N) is 1. The van der Waals surface area contributed by atoms with Gasteiger partial charge in [-0.1, -0.05) is 6.07 Å². The highest BCUT2D eigenvalue weighted by Crippen LogP contribution is 2.16. The zero-order chi connectivity index (χ0) is 14.4. The van der Waals surface area contributed by atoms with Crippen molar-refractivity contribution in [1.29, 1.82) is 0 Å². The van der Waals surface area contributed by atoms with E-state index in [1.165, 1.54) is 4.90 Å². The summed E-state index contributed by atoms with van der Waals surface area (Å²) in [6.45, 7) is 2.50. The maximum atomic E-state index is 12.0. The van der Waals surface area contributed by atoms with Gasteiger partial charge < -0.3 is 15.5 Å². The van der Waals surface area contributed by atoms with Crippen LogP contribution in [0.1, 0.15) is 22.3 Å². The molecule has 5 nitrogen and oxygen atoms in total. The molecule has 0 aromatic heterocycles. The first-order chi connectivity index (χ1) is 8.95. The number of benzene rings is 1. The molecule has 0 aliphatic rings. The summed E-state index contributed by atoms with van der Waals surface area (Å²) in [4.78, 5) is 25.1. The number of carbonyl (C=O) groups is 2. The molecule has 2 N–H and O–H groups in total. The molecule has 0 fully saturated rings. The lowest BCUT2D eigenvalue weighted by Gasteiger charge is -2.14. The van der Waals surface area contributed by atoms with Crippen LogP contribution in [0.4, 0.5) is 5.69 Å². The number of rotatable bonds is 5. The number of hydrogen-bond donors (Lipinski definition) is 2. The topological polar surface area (TPSA) is 61.4 Å². The number of halogens is 1. The van der Waals surface area contributed by atoms with Crippen molar-refractivity contribution in [3.05, 3.63) is 29.3 Å². The minimum absolute atomic E-state index is 0. The Morgan fingerprint density at radius 3 is 2.45 bits per heavy atom. The van der Waals surface area contributed by atoms with E-state index in [9.17, 15) is 9.59 Å². The van der Waals surface area contributed by atoms with Crippen molar-refractivity contribution in [3.8, 4) is 0 Å². The van der Waals surface area contributed by atoms with Crippen molar-refractivity contribution in [3.63, 3.8) is 0 Å². The van der Waals surface area contributed by atoms with Crippen LogP contribution >= 0.6 is 12.4 Å². The number of nitrogens with one attached hydrogen (secondary N) is 2. The smallest absolute Gasteiger partial charge is 0.253 e. The molecule has 0 bridgehead atoms. The van der Waals surface area contributed by atoms with Crippen LogP contribution in [0.3, 0.4) is 0 Å². The van der Waals surface area contributed by atoms with Crippen molar-refractivity contribution in [1.82, 2.24) is 10.2 Å². The van der Waals surface area contributed by atoms with Gasteiger partial charge in [0, 0.05) is 38.3 Å². The van der Waals surface area contributed by atoms with Gasteiger partial charge in [-0.2, -0.15) is 0 Å². The van der Waals surface area contributed by atoms with Crippen molar-refractivity contribution >= 4 is 29.9 Å². The highest BCUT2D eigenvalue weighted by Gasteiger charge is 2.12. The van der Waals surface area contributed by atoms with Crippen LogP contribution in [-0.2, 0) is 4.79 Å². The normalized spacial score (nSPS) is 9.60. The Bertz CT molecular complexity index is 475. The summed E-state index contributed by atoms with van der Waals surface area (Å²) in [5.41, 5.74) is 2.15. The summed E-state index contributed by atoms with van der Waals surface area (Å²) in [5, 5.41) is 5.70. The number of carbonyl (C=O) groups excluding carboxylic acids is 2. The molecule has 0 unspecified atom stereocenters. The van der Waals surface area contributed by atoms with Gasteiger partial charge in [-0.05, 0) is 31.7 Å². The Labute approximate surface area is 126 Å². The second-order valence-electron chi connectivity index (χ2n) is 4.63. The molecule has 0 radical (unpaired) electrons. The summed E-state index contributed by atoms with van der Waals surface area (Å²) in [5.74, 6) is -0.134. The third-order valence-corrected chi connectivity index (χ3v) is 2.76. The zero-order valence-electron chi connectivity index (χ0n) is 12.3. The van der Waals surface area contributed by atoms with E-state index in [1.807, 2.05) is 13.0 Å². The molecular weight excluding hydrogens is 278 g/mol. The average molecular weight is 300 g/mol. The molecule has 1 aromatic rings. The van der Waals surface area contributed by atoms with E-state index in [4.69, 9.17) is 0 Å². The monoisotopic (exact) mass is 299 g/mol. The van der Waals surface area contributed by atoms with Crippen molar-refractivity contribution in [2.45, 2.75) is 13.3 Å². The minimum Gasteiger partial charge on any atom is -0.345 e. The second kappa shape index (κ2) is 8.55. The Morgan fingerprint density at radius 1 is 1.25 bits per heavy atom. The third-order valence-electron chi connectivity index (χ3n) is 2.76. The van der Waals surface area contributed by atoms with E-state index in [1.54, 1.807) is 33.3 Å². The van der Waals surface area contributed by atoms with E-state index >= 15 is 0 Å². The van der Waals surface area contributed by atoms with Crippen LogP contribution in [0.25, 0.3) is 0 Å². The molecule has 112 valence electrons. The quantitative estimate of drug-likeness (QED) is 0.869. The van der Waals surface area contributed by atoms with E-state index in [2.05, 4.69) is 10.6 Å². The molecule has 1 aromatic carbocycles. The van der Waals surface area contributed by atoms with Gasteiger partial charge in [-0.15, -0.1) is 12.4 Å². The summed E-state index contributed by atoms with van der Waals surface area (Å²) < 4.78 is 0. The second-order valence-corrected chi connectivity index (χ2v) is 4.63. The van der Waals surface area contributed by atoms with Crippen LogP contribution in [0, 0.1) is 6.92 Å². The molecule has 2 amide bonds. The summed E-state index contributed by atoms with van der Waals surface area (Å²) in [7, 11) is 5.22. The van der Waals surface area contributed by atoms with Gasteiger partial charge in [0.25, 0.3) is 5.91 Å². The largest absolute Gasteiger partial charge is 0.345 e. The summed E-state index contributed by atoms with van der Waals surface area (Å²) >= 11 is 0. The Kier molecular flexibility index (Phi) is 7.87. The van der Waals surface area contributed by atoms with Gasteiger partial charge in [0.2, 0.25) is 5.91 Å². The molecule has 0 aliphatic heterocycles. The van der Waals surface area contributed by atoms with E-state index in [-0.39, 0.29) is 24.2 Å². The number of anilines is 1. The number of hydrogen-bond acceptors (Lipinski definition) is 3. The first-order valence-corrected chi connectivity index (χ1v) is 6.22. The molecule has 0 saturated heterocycles. The lowest BCUT2D eigenvalue weighted by molar-refractivity contribution is -0.116. The first kappa shape index (κ1) is 18.4. The third kappa shape index (κ3) is 5.19. The zero-order valence-corrected chi connectivity index (χ0v) is 13.1. The molecule has 0 spiro atoms. The number of amides is 2. The summed E-state index contributed by atoms with van der Waals surface area (Å²) in [6.07, 6.45) is 0.404. The van der Waals surface area contributed by atoms with Crippen molar-refractivity contribution in [2.24, 2.45) is 0 Å². The van der Waals surface area contributed by atoms with Crippen LogP contribution < -0.4 is 10.6 Å². The SMILES string of the molecule is CNCCC(=O)Nc1ccc(C)c(C(=O)N(C)C)c1.Cl. The standard InChI is InChI=1S/C14H21N3O2.ClH/c1-10-5-6-11(16-13(18)7-8-15-2)9-12(10)14(19)17(3)4;/h5-6,9,15H,7-8H2,1-4H3,(H,16,18);1H. The van der Waals surface area contributed by atoms with E-state index in [0.717, 1.165) is 5.56 Å². The predicted octanol–water partition coefficient (Wildman–Crippen LogP) is 1.67. The molecule has 1 rings (SSSR count). The van der Waals surface area contributed by atoms with Gasteiger partial charge in [0.15, 0.2) is 0 Å². The molecule has 0 aliphatic carbocycles. The van der Waals surface area contributed by atoms with Gasteiger partial charge in [-0.3, -0.25) is 9.59 Å². The van der Waals surface area contributed by atoms with Crippen LogP contribution in [0.15, 0.2) is 18.2 Å². The summed E-state index contributed by atoms with van der Waals surface area (Å²) in [6, 6.07) is 5.36. The molecule has 0 heterocycles. The van der Waals surface area contributed by atoms with Gasteiger partial charge in [0.1, 0.15) is 0 Å². The molecule has 6 heteroatoms. The molecule has 0 saturated carbocycles. The maximum Gasteiger partial charge on any atom is 0.253 e. The fourth-order valence-corrected chi connectivity index (χ4v) is 1.63. The number of aryl methyl sites for hydroxylation is 1. The van der Waals surface area contributed by atoms with Crippen molar-refractivity contribution in [2.75, 3.05) is 33.0 Å². The van der Waals surface area contributed by atoms with Crippen LogP contribution in [0.2, 0.25) is 0 Å². The highest BCUT2D eigenvalue weighted by atomic mass is 35.5. The lowest BCUT2D eigenvalue weighted by atomic mass is 10.1. The van der Waals surface area contributed by atoms with Gasteiger partial charge in [0.05, 0.1) is 0 Å². The van der Waals surface area contributed by atoms with Crippen molar-refractivity contribution < 1.29 is 9.59 Å². The van der Waals surface area contributed by atoms with E-state index in [0.29, 0.717) is 24.2 Å². The van der Waals surface area contributed by atoms with Gasteiger partial charge >= 0.3 is 0 Å². The molecule has 0 atom stereocenters. The van der Waals surface area contributed by atoms with Gasteiger partial charge in [-0.25, -0.2) is 0 Å². The minimum atomic E-state index is -0.0681. The Hall–Kier alpha value is -1.59. The maximum absolute atomic E-state index is 12.0.